The Morgan fingerprint density at radius 2 is 1.64 bits per heavy atom. The summed E-state index contributed by atoms with van der Waals surface area (Å²) in [5.74, 6) is 0.889. The summed E-state index contributed by atoms with van der Waals surface area (Å²) < 4.78 is 0. The van der Waals surface area contributed by atoms with Gasteiger partial charge in [-0.1, -0.05) is 48.0 Å². The summed E-state index contributed by atoms with van der Waals surface area (Å²) in [7, 11) is 0. The molecule has 0 heterocycles. The highest BCUT2D eigenvalue weighted by Crippen LogP contribution is 2.13. The third kappa shape index (κ3) is 4.23. The summed E-state index contributed by atoms with van der Waals surface area (Å²) in [6.45, 7) is 12.4. The second kappa shape index (κ2) is 6.18. The maximum Gasteiger partial charge on any atom is 0.152 e. The molecule has 0 aliphatic carbocycles. The van der Waals surface area contributed by atoms with E-state index in [1.807, 2.05) is 13.8 Å². The molecule has 0 saturated heterocycles. The Kier molecular flexibility index (Phi) is 6.01. The zero-order valence-electron chi connectivity index (χ0n) is 10.4. The molecule has 0 radical (unpaired) electrons. The lowest BCUT2D eigenvalue weighted by molar-refractivity contribution is -0.125. The van der Waals surface area contributed by atoms with Crippen LogP contribution in [0.1, 0.15) is 48.0 Å². The van der Waals surface area contributed by atoms with Crippen LogP contribution in [0.2, 0.25) is 0 Å². The molecule has 0 aliphatic rings. The average molecular weight is 199 g/mol. The van der Waals surface area contributed by atoms with Gasteiger partial charge in [0.25, 0.3) is 0 Å². The van der Waals surface area contributed by atoms with E-state index in [0.717, 1.165) is 6.42 Å². The van der Waals surface area contributed by atoms with Gasteiger partial charge in [0.2, 0.25) is 0 Å². The first-order valence-electron chi connectivity index (χ1n) is 5.69. The van der Waals surface area contributed by atoms with Crippen LogP contribution in [0.5, 0.6) is 0 Å². The molecule has 1 unspecified atom stereocenters. The van der Waals surface area contributed by atoms with Crippen molar-refractivity contribution in [1.29, 1.82) is 0 Å². The Morgan fingerprint density at radius 3 is 1.93 bits per heavy atom. The van der Waals surface area contributed by atoms with Gasteiger partial charge >= 0.3 is 0 Å². The minimum Gasteiger partial charge on any atom is -0.305 e. The number of nitrogens with one attached hydrogen (secondary N) is 1. The predicted molar refractivity (Wildman–Crippen MR) is 61.4 cm³/mol. The standard InChI is InChI=1S/C12H25NO/c1-7-10(6)11(13-9(4)5)12(14)8(2)3/h8-11,13H,7H2,1-6H3/t10?,11-/m1/s1. The number of Topliss-reactive ketones (excluding diaryl/α,β-unsaturated/α-hetero) is 1. The Bertz CT molecular complexity index is 175. The molecule has 0 fully saturated rings. The van der Waals surface area contributed by atoms with Gasteiger partial charge in [-0.3, -0.25) is 4.79 Å². The Hall–Kier alpha value is -0.370. The molecular weight excluding hydrogens is 174 g/mol. The molecule has 0 aliphatic heterocycles. The summed E-state index contributed by atoms with van der Waals surface area (Å²) in [6.07, 6.45) is 1.04. The van der Waals surface area contributed by atoms with E-state index in [2.05, 4.69) is 33.0 Å². The van der Waals surface area contributed by atoms with Gasteiger partial charge in [0, 0.05) is 12.0 Å². The van der Waals surface area contributed by atoms with Crippen LogP contribution in [-0.4, -0.2) is 17.9 Å². The Morgan fingerprint density at radius 1 is 1.14 bits per heavy atom. The largest absolute Gasteiger partial charge is 0.305 e. The van der Waals surface area contributed by atoms with E-state index in [0.29, 0.717) is 17.7 Å². The van der Waals surface area contributed by atoms with Gasteiger partial charge in [-0.15, -0.1) is 0 Å². The molecule has 84 valence electrons. The lowest BCUT2D eigenvalue weighted by Crippen LogP contribution is -2.46. The van der Waals surface area contributed by atoms with Crippen molar-refractivity contribution in [1.82, 2.24) is 5.32 Å². The highest BCUT2D eigenvalue weighted by Gasteiger charge is 2.25. The zero-order valence-corrected chi connectivity index (χ0v) is 10.4. The SMILES string of the molecule is CCC(C)[C@@H](NC(C)C)C(=O)C(C)C. The molecule has 2 heteroatoms. The summed E-state index contributed by atoms with van der Waals surface area (Å²) in [5.41, 5.74) is 0. The van der Waals surface area contributed by atoms with Crippen LogP contribution in [0.3, 0.4) is 0 Å². The summed E-state index contributed by atoms with van der Waals surface area (Å²) in [6, 6.07) is 0.400. The van der Waals surface area contributed by atoms with Gasteiger partial charge in [0.05, 0.1) is 6.04 Å². The molecule has 0 rings (SSSR count). The number of rotatable bonds is 6. The maximum atomic E-state index is 11.9. The van der Waals surface area contributed by atoms with Crippen molar-refractivity contribution in [2.75, 3.05) is 0 Å². The van der Waals surface area contributed by atoms with Crippen LogP contribution in [0.25, 0.3) is 0 Å². The number of ketones is 1. The van der Waals surface area contributed by atoms with Crippen LogP contribution in [0.15, 0.2) is 0 Å². The average Bonchev–Trinajstić information content (AvgIpc) is 2.11. The van der Waals surface area contributed by atoms with E-state index in [-0.39, 0.29) is 12.0 Å². The lowest BCUT2D eigenvalue weighted by atomic mass is 9.90. The van der Waals surface area contributed by atoms with Gasteiger partial charge in [-0.05, 0) is 5.92 Å². The van der Waals surface area contributed by atoms with E-state index < -0.39 is 0 Å². The first-order chi connectivity index (χ1) is 6.40. The van der Waals surface area contributed by atoms with Crippen molar-refractivity contribution >= 4 is 5.78 Å². The number of carbonyl (C=O) groups excluding carboxylic acids is 1. The second-order valence-corrected chi connectivity index (χ2v) is 4.74. The number of hydrogen-bond donors (Lipinski definition) is 1. The molecule has 0 aromatic rings. The predicted octanol–water partition coefficient (Wildman–Crippen LogP) is 2.62. The van der Waals surface area contributed by atoms with Crippen LogP contribution >= 0.6 is 0 Å². The van der Waals surface area contributed by atoms with E-state index in [1.165, 1.54) is 0 Å². The number of hydrogen-bond acceptors (Lipinski definition) is 2. The minimum absolute atomic E-state index is 0.0278. The molecule has 0 spiro atoms. The molecule has 2 atom stereocenters. The fourth-order valence-electron chi connectivity index (χ4n) is 1.48. The molecule has 0 bridgehead atoms. The van der Waals surface area contributed by atoms with Gasteiger partial charge in [0.15, 0.2) is 5.78 Å². The van der Waals surface area contributed by atoms with E-state index in [1.54, 1.807) is 0 Å². The highest BCUT2D eigenvalue weighted by molar-refractivity contribution is 5.86. The summed E-state index contributed by atoms with van der Waals surface area (Å²) in [4.78, 5) is 11.9. The van der Waals surface area contributed by atoms with Crippen molar-refractivity contribution in [3.8, 4) is 0 Å². The second-order valence-electron chi connectivity index (χ2n) is 4.74. The van der Waals surface area contributed by atoms with Gasteiger partial charge < -0.3 is 5.32 Å². The monoisotopic (exact) mass is 199 g/mol. The summed E-state index contributed by atoms with van der Waals surface area (Å²) >= 11 is 0. The van der Waals surface area contributed by atoms with Crippen LogP contribution < -0.4 is 5.32 Å². The molecule has 0 aromatic heterocycles. The normalized spacial score (nSPS) is 16.0. The maximum absolute atomic E-state index is 11.9. The lowest BCUT2D eigenvalue weighted by Gasteiger charge is -2.26. The first-order valence-corrected chi connectivity index (χ1v) is 5.69. The van der Waals surface area contributed by atoms with E-state index in [4.69, 9.17) is 0 Å². The van der Waals surface area contributed by atoms with Crippen LogP contribution in [0, 0.1) is 11.8 Å². The van der Waals surface area contributed by atoms with Crippen molar-refractivity contribution in [2.45, 2.75) is 60.0 Å². The fraction of sp³-hybridized carbons (Fsp3) is 0.917. The smallest absolute Gasteiger partial charge is 0.152 e. The topological polar surface area (TPSA) is 29.1 Å². The van der Waals surface area contributed by atoms with E-state index >= 15 is 0 Å². The van der Waals surface area contributed by atoms with Crippen LogP contribution in [-0.2, 0) is 4.79 Å². The van der Waals surface area contributed by atoms with Crippen molar-refractivity contribution in [2.24, 2.45) is 11.8 Å². The van der Waals surface area contributed by atoms with Gasteiger partial charge in [0.1, 0.15) is 0 Å². The number of carbonyl (C=O) groups is 1. The molecular formula is C12H25NO. The third-order valence-electron chi connectivity index (χ3n) is 2.60. The van der Waals surface area contributed by atoms with Gasteiger partial charge in [-0.25, -0.2) is 0 Å². The van der Waals surface area contributed by atoms with Crippen molar-refractivity contribution in [3.63, 3.8) is 0 Å². The van der Waals surface area contributed by atoms with E-state index in [9.17, 15) is 4.79 Å². The Labute approximate surface area is 88.5 Å². The van der Waals surface area contributed by atoms with Crippen molar-refractivity contribution in [3.05, 3.63) is 0 Å². The van der Waals surface area contributed by atoms with Crippen molar-refractivity contribution < 1.29 is 4.79 Å². The quantitative estimate of drug-likeness (QED) is 0.712. The molecule has 14 heavy (non-hydrogen) atoms. The van der Waals surface area contributed by atoms with Gasteiger partial charge in [-0.2, -0.15) is 0 Å². The molecule has 0 amide bonds. The molecule has 1 N–H and O–H groups in total. The molecule has 0 saturated carbocycles. The highest BCUT2D eigenvalue weighted by atomic mass is 16.1. The van der Waals surface area contributed by atoms with Crippen LogP contribution in [0.4, 0.5) is 0 Å². The zero-order chi connectivity index (χ0) is 11.3. The minimum atomic E-state index is 0.0278. The third-order valence-corrected chi connectivity index (χ3v) is 2.60. The Balaban J connectivity index is 4.46. The first kappa shape index (κ1) is 13.6. The molecule has 2 nitrogen and oxygen atoms in total. The fourth-order valence-corrected chi connectivity index (χ4v) is 1.48. The summed E-state index contributed by atoms with van der Waals surface area (Å²) in [5, 5.41) is 3.36. The molecule has 0 aromatic carbocycles.